The second kappa shape index (κ2) is 6.65. The number of imide groups is 1. The molecule has 0 saturated carbocycles. The molecule has 1 heterocycles. The van der Waals surface area contributed by atoms with Crippen molar-refractivity contribution in [3.8, 4) is 0 Å². The van der Waals surface area contributed by atoms with E-state index >= 15 is 0 Å². The number of urea groups is 1. The largest absolute Gasteiger partial charge is 0.343 e. The molecule has 0 unspecified atom stereocenters. The highest BCUT2D eigenvalue weighted by atomic mass is 32.2. The summed E-state index contributed by atoms with van der Waals surface area (Å²) in [4.78, 5) is 34.6. The predicted octanol–water partition coefficient (Wildman–Crippen LogP) is 2.18. The molecule has 1 aliphatic rings. The number of aryl methyl sites for hydroxylation is 1. The molecule has 1 fully saturated rings. The van der Waals surface area contributed by atoms with E-state index < -0.39 is 26.9 Å². The smallest absolute Gasteiger partial charge is 0.302 e. The fraction of sp³-hybridized carbons (Fsp3) is 0.0588. The van der Waals surface area contributed by atoms with E-state index in [2.05, 4.69) is 5.32 Å². The van der Waals surface area contributed by atoms with Gasteiger partial charge in [-0.05, 0) is 30.7 Å². The van der Waals surface area contributed by atoms with E-state index in [0.717, 1.165) is 5.56 Å². The lowest BCUT2D eigenvalue weighted by molar-refractivity contribution is -0.384. The number of hydrogen-bond donors (Lipinski definition) is 1. The molecule has 2 aromatic carbocycles. The van der Waals surface area contributed by atoms with Crippen LogP contribution in [0.25, 0.3) is 6.08 Å². The maximum absolute atomic E-state index is 12.6. The van der Waals surface area contributed by atoms with Crippen molar-refractivity contribution in [2.24, 2.45) is 0 Å². The van der Waals surface area contributed by atoms with Crippen molar-refractivity contribution in [2.75, 3.05) is 0 Å². The van der Waals surface area contributed by atoms with Gasteiger partial charge in [0.05, 0.1) is 9.82 Å². The number of nitro benzene ring substituents is 1. The van der Waals surface area contributed by atoms with Gasteiger partial charge in [-0.3, -0.25) is 14.9 Å². The number of carbonyl (C=O) groups excluding carboxylic acids is 2. The number of nitrogens with zero attached hydrogens (tertiary/aromatic N) is 2. The van der Waals surface area contributed by atoms with Crippen LogP contribution < -0.4 is 5.32 Å². The van der Waals surface area contributed by atoms with Crippen molar-refractivity contribution < 1.29 is 22.9 Å². The summed E-state index contributed by atoms with van der Waals surface area (Å²) in [6.07, 6.45) is 1.18. The lowest BCUT2D eigenvalue weighted by Crippen LogP contribution is -2.36. The second-order valence-corrected chi connectivity index (χ2v) is 7.51. The first kappa shape index (κ1) is 18.3. The third kappa shape index (κ3) is 3.42. The summed E-state index contributed by atoms with van der Waals surface area (Å²) >= 11 is 0. The summed E-state index contributed by atoms with van der Waals surface area (Å²) in [5.41, 5.74) is 0.585. The van der Waals surface area contributed by atoms with Gasteiger partial charge in [-0.1, -0.05) is 29.8 Å². The van der Waals surface area contributed by atoms with Crippen LogP contribution in [0.1, 0.15) is 11.1 Å². The van der Waals surface area contributed by atoms with Crippen LogP contribution in [-0.4, -0.2) is 29.6 Å². The van der Waals surface area contributed by atoms with Gasteiger partial charge in [-0.2, -0.15) is 0 Å². The van der Waals surface area contributed by atoms with Crippen LogP contribution in [0.15, 0.2) is 59.1 Å². The molecule has 2 aromatic rings. The molecule has 1 saturated heterocycles. The molecule has 1 aliphatic heterocycles. The number of rotatable bonds is 4. The zero-order valence-corrected chi connectivity index (χ0v) is 14.8. The number of hydrogen-bond acceptors (Lipinski definition) is 6. The van der Waals surface area contributed by atoms with Gasteiger partial charge in [-0.15, -0.1) is 4.31 Å². The van der Waals surface area contributed by atoms with E-state index in [1.54, 1.807) is 19.1 Å². The third-order valence-corrected chi connectivity index (χ3v) is 5.47. The fourth-order valence-corrected chi connectivity index (χ4v) is 3.72. The number of nitrogens with one attached hydrogen (secondary N) is 1. The van der Waals surface area contributed by atoms with E-state index in [4.69, 9.17) is 0 Å². The van der Waals surface area contributed by atoms with Crippen molar-refractivity contribution in [2.45, 2.75) is 11.8 Å². The Balaban J connectivity index is 1.96. The molecule has 0 spiro atoms. The molecular formula is C17H13N3O6S. The molecule has 0 aromatic heterocycles. The molecule has 3 rings (SSSR count). The van der Waals surface area contributed by atoms with E-state index in [0.29, 0.717) is 0 Å². The first-order valence-corrected chi connectivity index (χ1v) is 9.07. The summed E-state index contributed by atoms with van der Waals surface area (Å²) in [6.45, 7) is 1.77. The zero-order chi connectivity index (χ0) is 19.8. The van der Waals surface area contributed by atoms with Crippen LogP contribution in [0.4, 0.5) is 10.5 Å². The quantitative estimate of drug-likeness (QED) is 0.371. The Morgan fingerprint density at radius 2 is 1.78 bits per heavy atom. The van der Waals surface area contributed by atoms with Gasteiger partial charge in [0, 0.05) is 12.1 Å². The van der Waals surface area contributed by atoms with E-state index in [9.17, 15) is 28.1 Å². The summed E-state index contributed by atoms with van der Waals surface area (Å²) in [7, 11) is -4.38. The van der Waals surface area contributed by atoms with E-state index in [1.165, 1.54) is 42.5 Å². The molecule has 10 heteroatoms. The Labute approximate surface area is 154 Å². The molecule has 138 valence electrons. The highest BCUT2D eigenvalue weighted by Gasteiger charge is 2.43. The Bertz CT molecular complexity index is 1090. The third-order valence-electron chi connectivity index (χ3n) is 3.79. The van der Waals surface area contributed by atoms with Crippen LogP contribution in [0.3, 0.4) is 0 Å². The average molecular weight is 387 g/mol. The Morgan fingerprint density at radius 1 is 1.11 bits per heavy atom. The lowest BCUT2D eigenvalue weighted by atomic mass is 10.1. The predicted molar refractivity (Wildman–Crippen MR) is 94.8 cm³/mol. The van der Waals surface area contributed by atoms with Crippen LogP contribution in [0, 0.1) is 17.0 Å². The summed E-state index contributed by atoms with van der Waals surface area (Å²) in [6, 6.07) is 9.94. The Kier molecular flexibility index (Phi) is 4.50. The molecule has 1 N–H and O–H groups in total. The summed E-state index contributed by atoms with van der Waals surface area (Å²) in [5.74, 6) is -1.06. The van der Waals surface area contributed by atoms with Gasteiger partial charge in [0.15, 0.2) is 0 Å². The fourth-order valence-electron chi connectivity index (χ4n) is 2.45. The van der Waals surface area contributed by atoms with Crippen LogP contribution in [0.5, 0.6) is 0 Å². The van der Waals surface area contributed by atoms with Crippen LogP contribution in [-0.2, 0) is 14.8 Å². The topological polar surface area (TPSA) is 127 Å². The number of amides is 3. The van der Waals surface area contributed by atoms with Gasteiger partial charge < -0.3 is 5.32 Å². The molecular weight excluding hydrogens is 374 g/mol. The standard InChI is InChI=1S/C17H13N3O6S/c1-11-5-7-14(8-6-11)27(25,26)19-16(21)15(18-17(19)22)10-12-3-2-4-13(9-12)20(23)24/h2-10H,1H3,(H,18,22)/b15-10-. The zero-order valence-electron chi connectivity index (χ0n) is 13.9. The van der Waals surface area contributed by atoms with E-state index in [-0.39, 0.29) is 26.1 Å². The van der Waals surface area contributed by atoms with Crippen molar-refractivity contribution in [1.29, 1.82) is 0 Å². The normalized spacial score (nSPS) is 15.9. The van der Waals surface area contributed by atoms with Gasteiger partial charge in [0.2, 0.25) is 0 Å². The van der Waals surface area contributed by atoms with Gasteiger partial charge in [0.1, 0.15) is 5.70 Å². The average Bonchev–Trinajstić information content (AvgIpc) is 2.89. The van der Waals surface area contributed by atoms with Crippen molar-refractivity contribution in [3.05, 3.63) is 75.5 Å². The van der Waals surface area contributed by atoms with E-state index in [1.807, 2.05) is 0 Å². The Morgan fingerprint density at radius 3 is 2.41 bits per heavy atom. The van der Waals surface area contributed by atoms with Gasteiger partial charge >= 0.3 is 6.03 Å². The number of sulfonamides is 1. The van der Waals surface area contributed by atoms with Gasteiger partial charge in [0.25, 0.3) is 21.6 Å². The minimum atomic E-state index is -4.38. The number of non-ortho nitro benzene ring substituents is 1. The molecule has 0 bridgehead atoms. The number of benzene rings is 2. The first-order valence-electron chi connectivity index (χ1n) is 7.63. The summed E-state index contributed by atoms with van der Waals surface area (Å²) < 4.78 is 25.4. The first-order chi connectivity index (χ1) is 12.7. The second-order valence-electron chi connectivity index (χ2n) is 5.73. The molecule has 0 atom stereocenters. The monoisotopic (exact) mass is 387 g/mol. The number of carbonyl (C=O) groups is 2. The highest BCUT2D eigenvalue weighted by Crippen LogP contribution is 2.24. The number of nitro groups is 1. The van der Waals surface area contributed by atoms with Crippen LogP contribution >= 0.6 is 0 Å². The van der Waals surface area contributed by atoms with Gasteiger partial charge in [-0.25, -0.2) is 13.2 Å². The maximum Gasteiger partial charge on any atom is 0.343 e. The minimum Gasteiger partial charge on any atom is -0.302 e. The van der Waals surface area contributed by atoms with Crippen molar-refractivity contribution in [3.63, 3.8) is 0 Å². The van der Waals surface area contributed by atoms with Crippen LogP contribution in [0.2, 0.25) is 0 Å². The molecule has 0 radical (unpaired) electrons. The Hall–Kier alpha value is -3.53. The SMILES string of the molecule is Cc1ccc(S(=O)(=O)N2C(=O)N/C(=C\c3cccc([N+](=O)[O-])c3)C2=O)cc1. The highest BCUT2D eigenvalue weighted by molar-refractivity contribution is 7.90. The summed E-state index contributed by atoms with van der Waals surface area (Å²) in [5, 5.41) is 13.0. The lowest BCUT2D eigenvalue weighted by Gasteiger charge is -2.12. The van der Waals surface area contributed by atoms with Crippen molar-refractivity contribution >= 4 is 33.7 Å². The molecule has 9 nitrogen and oxygen atoms in total. The molecule has 3 amide bonds. The maximum atomic E-state index is 12.6. The molecule has 27 heavy (non-hydrogen) atoms. The minimum absolute atomic E-state index is 0.140. The molecule has 0 aliphatic carbocycles. The van der Waals surface area contributed by atoms with Crippen molar-refractivity contribution in [1.82, 2.24) is 9.62 Å².